The highest BCUT2D eigenvalue weighted by Gasteiger charge is 2.16. The van der Waals surface area contributed by atoms with Crippen LogP contribution in [0.3, 0.4) is 0 Å². The molecule has 0 fully saturated rings. The Bertz CT molecular complexity index is 2910. The van der Waals surface area contributed by atoms with E-state index >= 15 is 0 Å². The second-order valence-corrected chi connectivity index (χ2v) is 14.0. The van der Waals surface area contributed by atoms with Crippen molar-refractivity contribution < 1.29 is 4.42 Å². The number of nitrogens with zero attached hydrogens (tertiary/aromatic N) is 2. The summed E-state index contributed by atoms with van der Waals surface area (Å²) >= 11 is 0. The Kier molecular flexibility index (Phi) is 8.51. The molecule has 9 aromatic carbocycles. The first-order chi connectivity index (χ1) is 27.7. The number of para-hydroxylation sites is 2. The molecule has 56 heavy (non-hydrogen) atoms. The summed E-state index contributed by atoms with van der Waals surface area (Å²) in [6, 6.07) is 77.1. The van der Waals surface area contributed by atoms with Gasteiger partial charge in [-0.15, -0.1) is 0 Å². The molecule has 10 aromatic rings. The van der Waals surface area contributed by atoms with Crippen LogP contribution in [0.25, 0.3) is 77.8 Å². The molecule has 0 saturated carbocycles. The molecule has 0 spiro atoms. The lowest BCUT2D eigenvalue weighted by molar-refractivity contribution is 0.620. The SMILES string of the molecule is c1ccc(N(c2ccccc2)c2ccc(-c3ccccc3-c3ccccc3-c3ccc(-c4nc5ccc(-c6ccc7ccccc7c6)cc5o4)cc3)cc2)cc1. The molecule has 0 bridgehead atoms. The van der Waals surface area contributed by atoms with Gasteiger partial charge in [0, 0.05) is 22.6 Å². The summed E-state index contributed by atoms with van der Waals surface area (Å²) in [5.74, 6) is 0.613. The molecule has 0 saturated heterocycles. The lowest BCUT2D eigenvalue weighted by Gasteiger charge is -2.25. The van der Waals surface area contributed by atoms with Gasteiger partial charge in [0.05, 0.1) is 0 Å². The van der Waals surface area contributed by atoms with E-state index in [0.717, 1.165) is 56.0 Å². The van der Waals surface area contributed by atoms with Crippen molar-refractivity contribution in [1.29, 1.82) is 0 Å². The van der Waals surface area contributed by atoms with Crippen molar-refractivity contribution >= 4 is 38.9 Å². The third-order valence-electron chi connectivity index (χ3n) is 10.5. The Hall–Kier alpha value is -7.49. The first-order valence-electron chi connectivity index (χ1n) is 18.9. The minimum atomic E-state index is 0.613. The molecule has 0 radical (unpaired) electrons. The zero-order valence-electron chi connectivity index (χ0n) is 30.6. The van der Waals surface area contributed by atoms with Crippen LogP contribution in [0, 0.1) is 0 Å². The third-order valence-corrected chi connectivity index (χ3v) is 10.5. The van der Waals surface area contributed by atoms with Gasteiger partial charge in [-0.3, -0.25) is 0 Å². The van der Waals surface area contributed by atoms with Crippen LogP contribution in [-0.4, -0.2) is 4.98 Å². The average molecular weight is 717 g/mol. The number of hydrogen-bond donors (Lipinski definition) is 0. The molecule has 0 atom stereocenters. The molecule has 3 heteroatoms. The molecule has 0 aliphatic heterocycles. The predicted molar refractivity (Wildman–Crippen MR) is 233 cm³/mol. The highest BCUT2D eigenvalue weighted by molar-refractivity contribution is 5.93. The Morgan fingerprint density at radius 2 is 0.768 bits per heavy atom. The van der Waals surface area contributed by atoms with Crippen LogP contribution in [0.2, 0.25) is 0 Å². The summed E-state index contributed by atoms with van der Waals surface area (Å²) in [7, 11) is 0. The van der Waals surface area contributed by atoms with Gasteiger partial charge in [-0.2, -0.15) is 0 Å². The van der Waals surface area contributed by atoms with Gasteiger partial charge in [-0.05, 0) is 122 Å². The Morgan fingerprint density at radius 3 is 1.39 bits per heavy atom. The molecule has 0 aliphatic carbocycles. The normalized spacial score (nSPS) is 11.2. The van der Waals surface area contributed by atoms with Gasteiger partial charge in [0.1, 0.15) is 5.52 Å². The number of oxazole rings is 1. The predicted octanol–water partition coefficient (Wildman–Crippen LogP) is 14.8. The number of rotatable bonds is 8. The van der Waals surface area contributed by atoms with E-state index in [4.69, 9.17) is 9.40 Å². The minimum absolute atomic E-state index is 0.613. The van der Waals surface area contributed by atoms with E-state index in [2.05, 4.69) is 217 Å². The maximum absolute atomic E-state index is 6.37. The first-order valence-corrected chi connectivity index (χ1v) is 18.9. The fourth-order valence-electron chi connectivity index (χ4n) is 7.72. The molecule has 1 aromatic heterocycles. The van der Waals surface area contributed by atoms with E-state index in [9.17, 15) is 0 Å². The third kappa shape index (κ3) is 6.31. The fraction of sp³-hybridized carbons (Fsp3) is 0. The van der Waals surface area contributed by atoms with Crippen LogP contribution in [0.5, 0.6) is 0 Å². The Balaban J connectivity index is 0.947. The Morgan fingerprint density at radius 1 is 0.321 bits per heavy atom. The van der Waals surface area contributed by atoms with Crippen molar-refractivity contribution in [2.24, 2.45) is 0 Å². The summed E-state index contributed by atoms with van der Waals surface area (Å²) < 4.78 is 6.37. The van der Waals surface area contributed by atoms with Crippen LogP contribution in [0.15, 0.2) is 223 Å². The zero-order chi connectivity index (χ0) is 37.3. The molecule has 1 heterocycles. The van der Waals surface area contributed by atoms with E-state index in [-0.39, 0.29) is 0 Å². The van der Waals surface area contributed by atoms with Crippen LogP contribution < -0.4 is 4.90 Å². The summed E-state index contributed by atoms with van der Waals surface area (Å²) in [6.07, 6.45) is 0. The van der Waals surface area contributed by atoms with Gasteiger partial charge < -0.3 is 9.32 Å². The smallest absolute Gasteiger partial charge is 0.227 e. The van der Waals surface area contributed by atoms with Gasteiger partial charge in [-0.25, -0.2) is 4.98 Å². The molecule has 0 unspecified atom stereocenters. The van der Waals surface area contributed by atoms with Crippen LogP contribution >= 0.6 is 0 Å². The first kappa shape index (κ1) is 33.1. The van der Waals surface area contributed by atoms with Crippen molar-refractivity contribution in [2.45, 2.75) is 0 Å². The number of aromatic nitrogens is 1. The van der Waals surface area contributed by atoms with E-state index in [1.54, 1.807) is 0 Å². The minimum Gasteiger partial charge on any atom is -0.436 e. The molecule has 10 rings (SSSR count). The quantitative estimate of drug-likeness (QED) is 0.157. The lowest BCUT2D eigenvalue weighted by Crippen LogP contribution is -2.09. The molecular formula is C53H36N2O. The van der Waals surface area contributed by atoms with Crippen molar-refractivity contribution in [1.82, 2.24) is 4.98 Å². The summed E-state index contributed by atoms with van der Waals surface area (Å²) in [4.78, 5) is 7.15. The maximum Gasteiger partial charge on any atom is 0.227 e. The van der Waals surface area contributed by atoms with Crippen LogP contribution in [0.1, 0.15) is 0 Å². The van der Waals surface area contributed by atoms with Crippen molar-refractivity contribution in [3.63, 3.8) is 0 Å². The molecular weight excluding hydrogens is 681 g/mol. The topological polar surface area (TPSA) is 29.3 Å². The molecule has 0 N–H and O–H groups in total. The van der Waals surface area contributed by atoms with E-state index in [1.807, 2.05) is 6.07 Å². The second kappa shape index (κ2) is 14.4. The van der Waals surface area contributed by atoms with Gasteiger partial charge in [0.15, 0.2) is 5.58 Å². The lowest BCUT2D eigenvalue weighted by atomic mass is 9.89. The number of hydrogen-bond acceptors (Lipinski definition) is 3. The molecule has 0 amide bonds. The summed E-state index contributed by atoms with van der Waals surface area (Å²) in [5, 5.41) is 2.45. The second-order valence-electron chi connectivity index (χ2n) is 14.0. The fourth-order valence-corrected chi connectivity index (χ4v) is 7.72. The number of benzene rings is 9. The summed E-state index contributed by atoms with van der Waals surface area (Å²) in [5.41, 5.74) is 15.2. The average Bonchev–Trinajstić information content (AvgIpc) is 3.71. The van der Waals surface area contributed by atoms with Crippen molar-refractivity contribution in [2.75, 3.05) is 4.90 Å². The van der Waals surface area contributed by atoms with Crippen molar-refractivity contribution in [3.05, 3.63) is 218 Å². The van der Waals surface area contributed by atoms with E-state index in [1.165, 1.54) is 33.0 Å². The standard InChI is InChI=1S/C53H36N2O/c1-3-15-44(16-4-1)55(45-17-5-2-6-18-45)46-32-29-39(30-33-46)48-20-10-12-22-50(48)49-21-11-9-19-47(49)38-24-26-40(27-25-38)53-54-51-34-31-43(36-52(51)56-53)42-28-23-37-13-7-8-14-41(37)35-42/h1-36H. The highest BCUT2D eigenvalue weighted by atomic mass is 16.3. The van der Waals surface area contributed by atoms with E-state index < -0.39 is 0 Å². The van der Waals surface area contributed by atoms with Crippen LogP contribution in [0.4, 0.5) is 17.1 Å². The molecule has 264 valence electrons. The number of anilines is 3. The van der Waals surface area contributed by atoms with E-state index in [0.29, 0.717) is 5.89 Å². The maximum atomic E-state index is 6.37. The van der Waals surface area contributed by atoms with Crippen LogP contribution in [-0.2, 0) is 0 Å². The molecule has 3 nitrogen and oxygen atoms in total. The highest BCUT2D eigenvalue weighted by Crippen LogP contribution is 2.41. The van der Waals surface area contributed by atoms with Gasteiger partial charge in [0.2, 0.25) is 5.89 Å². The van der Waals surface area contributed by atoms with Gasteiger partial charge >= 0.3 is 0 Å². The van der Waals surface area contributed by atoms with Gasteiger partial charge in [-0.1, -0.05) is 152 Å². The van der Waals surface area contributed by atoms with Gasteiger partial charge in [0.25, 0.3) is 0 Å². The number of fused-ring (bicyclic) bond motifs is 2. The summed E-state index contributed by atoms with van der Waals surface area (Å²) in [6.45, 7) is 0. The largest absolute Gasteiger partial charge is 0.436 e. The Labute approximate surface area is 326 Å². The monoisotopic (exact) mass is 716 g/mol. The molecule has 0 aliphatic rings. The zero-order valence-corrected chi connectivity index (χ0v) is 30.6. The van der Waals surface area contributed by atoms with Crippen molar-refractivity contribution in [3.8, 4) is 56.0 Å².